The predicted octanol–water partition coefficient (Wildman–Crippen LogP) is 1.48. The van der Waals surface area contributed by atoms with Crippen LogP contribution in [0.3, 0.4) is 0 Å². The molecule has 5 nitrogen and oxygen atoms in total. The second-order valence-electron chi connectivity index (χ2n) is 3.93. The first-order valence-corrected chi connectivity index (χ1v) is 5.84. The summed E-state index contributed by atoms with van der Waals surface area (Å²) in [5, 5.41) is 8.82. The molecule has 0 radical (unpaired) electrons. The highest BCUT2D eigenvalue weighted by Gasteiger charge is 2.16. The van der Waals surface area contributed by atoms with Gasteiger partial charge in [-0.15, -0.1) is 0 Å². The first kappa shape index (κ1) is 14.6. The van der Waals surface area contributed by atoms with Crippen LogP contribution in [-0.4, -0.2) is 33.0 Å². The summed E-state index contributed by atoms with van der Waals surface area (Å²) >= 11 is 0. The molecule has 0 fully saturated rings. The molecule has 0 saturated heterocycles. The number of rotatable bonds is 7. The third-order valence-electron chi connectivity index (χ3n) is 2.79. The highest BCUT2D eigenvalue weighted by atomic mass is 16.5. The summed E-state index contributed by atoms with van der Waals surface area (Å²) in [4.78, 5) is 0. The first-order valence-electron chi connectivity index (χ1n) is 5.84. The Morgan fingerprint density at radius 3 is 2.06 bits per heavy atom. The molecule has 0 amide bonds. The topological polar surface area (TPSA) is 73.9 Å². The molecule has 0 heterocycles. The minimum absolute atomic E-state index is 0.137. The van der Waals surface area contributed by atoms with E-state index in [0.717, 1.165) is 5.56 Å². The third-order valence-corrected chi connectivity index (χ3v) is 2.79. The fraction of sp³-hybridized carbons (Fsp3) is 0.538. The van der Waals surface area contributed by atoms with Crippen LogP contribution < -0.4 is 19.9 Å². The molecule has 5 heteroatoms. The minimum atomic E-state index is -0.161. The molecule has 0 aliphatic rings. The molecule has 102 valence electrons. The largest absolute Gasteiger partial charge is 0.493 e. The van der Waals surface area contributed by atoms with Crippen molar-refractivity contribution in [2.45, 2.75) is 18.9 Å². The standard InChI is InChI=1S/C13H21NO4/c1-16-11-7-9(10(14)5-4-6-15)8-12(17-2)13(11)18-3/h7-8,10,15H,4-6,14H2,1-3H3. The van der Waals surface area contributed by atoms with E-state index >= 15 is 0 Å². The van der Waals surface area contributed by atoms with E-state index < -0.39 is 0 Å². The van der Waals surface area contributed by atoms with Crippen molar-refractivity contribution in [1.82, 2.24) is 0 Å². The summed E-state index contributed by atoms with van der Waals surface area (Å²) < 4.78 is 15.8. The summed E-state index contributed by atoms with van der Waals surface area (Å²) in [5.74, 6) is 1.73. The summed E-state index contributed by atoms with van der Waals surface area (Å²) in [6.45, 7) is 0.137. The van der Waals surface area contributed by atoms with Gasteiger partial charge in [0.1, 0.15) is 0 Å². The third kappa shape index (κ3) is 3.27. The van der Waals surface area contributed by atoms with Gasteiger partial charge in [0.15, 0.2) is 11.5 Å². The Morgan fingerprint density at radius 1 is 1.11 bits per heavy atom. The van der Waals surface area contributed by atoms with Crippen LogP contribution in [0.2, 0.25) is 0 Å². The smallest absolute Gasteiger partial charge is 0.203 e. The molecule has 0 aromatic heterocycles. The van der Waals surface area contributed by atoms with Crippen molar-refractivity contribution in [2.75, 3.05) is 27.9 Å². The first-order chi connectivity index (χ1) is 8.67. The molecule has 0 saturated carbocycles. The lowest BCUT2D eigenvalue weighted by Gasteiger charge is -2.17. The van der Waals surface area contributed by atoms with Crippen molar-refractivity contribution in [1.29, 1.82) is 0 Å². The van der Waals surface area contributed by atoms with Crippen LogP contribution in [0.15, 0.2) is 12.1 Å². The second kappa shape index (κ2) is 7.08. The van der Waals surface area contributed by atoms with E-state index in [4.69, 9.17) is 25.1 Å². The minimum Gasteiger partial charge on any atom is -0.493 e. The van der Waals surface area contributed by atoms with Gasteiger partial charge in [-0.1, -0.05) is 0 Å². The maximum atomic E-state index is 8.82. The van der Waals surface area contributed by atoms with Gasteiger partial charge in [0.05, 0.1) is 21.3 Å². The van der Waals surface area contributed by atoms with E-state index in [2.05, 4.69) is 0 Å². The van der Waals surface area contributed by atoms with E-state index in [0.29, 0.717) is 30.1 Å². The van der Waals surface area contributed by atoms with Crippen molar-refractivity contribution in [3.63, 3.8) is 0 Å². The van der Waals surface area contributed by atoms with E-state index in [1.807, 2.05) is 12.1 Å². The predicted molar refractivity (Wildman–Crippen MR) is 69.3 cm³/mol. The fourth-order valence-corrected chi connectivity index (χ4v) is 1.79. The van der Waals surface area contributed by atoms with Gasteiger partial charge in [-0.05, 0) is 30.5 Å². The number of benzene rings is 1. The number of hydrogen-bond acceptors (Lipinski definition) is 5. The van der Waals surface area contributed by atoms with Gasteiger partial charge in [0.2, 0.25) is 5.75 Å². The summed E-state index contributed by atoms with van der Waals surface area (Å²) in [6.07, 6.45) is 1.37. The van der Waals surface area contributed by atoms with Gasteiger partial charge in [0, 0.05) is 12.6 Å². The number of hydrogen-bond donors (Lipinski definition) is 2. The van der Waals surface area contributed by atoms with Crippen molar-refractivity contribution in [2.24, 2.45) is 5.73 Å². The molecule has 0 bridgehead atoms. The molecule has 1 aromatic rings. The molecular weight excluding hydrogens is 234 g/mol. The van der Waals surface area contributed by atoms with Crippen LogP contribution >= 0.6 is 0 Å². The molecule has 18 heavy (non-hydrogen) atoms. The summed E-state index contributed by atoms with van der Waals surface area (Å²) in [7, 11) is 4.70. The zero-order chi connectivity index (χ0) is 13.5. The molecule has 0 spiro atoms. The molecule has 1 aromatic carbocycles. The van der Waals surface area contributed by atoms with Crippen LogP contribution in [0, 0.1) is 0 Å². The number of aliphatic hydroxyl groups is 1. The highest BCUT2D eigenvalue weighted by Crippen LogP contribution is 2.39. The normalized spacial score (nSPS) is 12.1. The lowest BCUT2D eigenvalue weighted by atomic mass is 10.0. The summed E-state index contributed by atoms with van der Waals surface area (Å²) in [5.41, 5.74) is 6.96. The quantitative estimate of drug-likeness (QED) is 0.772. The Balaban J connectivity index is 3.06. The fourth-order valence-electron chi connectivity index (χ4n) is 1.79. The Bertz CT molecular complexity index is 356. The highest BCUT2D eigenvalue weighted by molar-refractivity contribution is 5.54. The Kier molecular flexibility index (Phi) is 5.74. The molecular formula is C13H21NO4. The van der Waals surface area contributed by atoms with Crippen molar-refractivity contribution in [3.8, 4) is 17.2 Å². The number of nitrogens with two attached hydrogens (primary N) is 1. The molecule has 1 atom stereocenters. The molecule has 1 unspecified atom stereocenters. The molecule has 0 aliphatic heterocycles. The lowest BCUT2D eigenvalue weighted by Crippen LogP contribution is -2.11. The van der Waals surface area contributed by atoms with Crippen LogP contribution in [0.5, 0.6) is 17.2 Å². The van der Waals surface area contributed by atoms with E-state index in [1.54, 1.807) is 21.3 Å². The molecule has 0 aliphatic carbocycles. The zero-order valence-electron chi connectivity index (χ0n) is 11.1. The lowest BCUT2D eigenvalue weighted by molar-refractivity contribution is 0.279. The van der Waals surface area contributed by atoms with E-state index in [9.17, 15) is 0 Å². The maximum Gasteiger partial charge on any atom is 0.203 e. The van der Waals surface area contributed by atoms with Gasteiger partial charge in [-0.25, -0.2) is 0 Å². The zero-order valence-corrected chi connectivity index (χ0v) is 11.1. The van der Waals surface area contributed by atoms with Gasteiger partial charge < -0.3 is 25.1 Å². The van der Waals surface area contributed by atoms with Crippen molar-refractivity contribution >= 4 is 0 Å². The van der Waals surface area contributed by atoms with Gasteiger partial charge in [-0.2, -0.15) is 0 Å². The Labute approximate surface area is 107 Å². The van der Waals surface area contributed by atoms with Crippen molar-refractivity contribution in [3.05, 3.63) is 17.7 Å². The Morgan fingerprint density at radius 2 is 1.67 bits per heavy atom. The van der Waals surface area contributed by atoms with Crippen LogP contribution in [0.4, 0.5) is 0 Å². The SMILES string of the molecule is COc1cc(C(N)CCCO)cc(OC)c1OC. The molecule has 1 rings (SSSR count). The summed E-state index contributed by atoms with van der Waals surface area (Å²) in [6, 6.07) is 3.51. The maximum absolute atomic E-state index is 8.82. The van der Waals surface area contributed by atoms with E-state index in [-0.39, 0.29) is 12.6 Å². The average Bonchev–Trinajstić information content (AvgIpc) is 2.42. The molecule has 3 N–H and O–H groups in total. The second-order valence-corrected chi connectivity index (χ2v) is 3.93. The monoisotopic (exact) mass is 255 g/mol. The van der Waals surface area contributed by atoms with Crippen molar-refractivity contribution < 1.29 is 19.3 Å². The van der Waals surface area contributed by atoms with Crippen LogP contribution in [0.1, 0.15) is 24.4 Å². The van der Waals surface area contributed by atoms with Gasteiger partial charge in [-0.3, -0.25) is 0 Å². The van der Waals surface area contributed by atoms with Crippen LogP contribution in [-0.2, 0) is 0 Å². The van der Waals surface area contributed by atoms with Crippen LogP contribution in [0.25, 0.3) is 0 Å². The average molecular weight is 255 g/mol. The van der Waals surface area contributed by atoms with Gasteiger partial charge in [0.25, 0.3) is 0 Å². The Hall–Kier alpha value is -1.46. The van der Waals surface area contributed by atoms with Gasteiger partial charge >= 0.3 is 0 Å². The van der Waals surface area contributed by atoms with E-state index in [1.165, 1.54) is 0 Å². The number of ether oxygens (including phenoxy) is 3. The number of methoxy groups -OCH3 is 3. The number of aliphatic hydroxyl groups excluding tert-OH is 1.